The number of rotatable bonds is 5. The zero-order valence-electron chi connectivity index (χ0n) is 16.0. The molecule has 1 atom stereocenters. The number of hydrogen-bond donors (Lipinski definition) is 1. The molecule has 1 aromatic carbocycles. The molecule has 1 saturated heterocycles. The van der Waals surface area contributed by atoms with E-state index >= 15 is 0 Å². The van der Waals surface area contributed by atoms with Gasteiger partial charge in [-0.25, -0.2) is 4.98 Å². The molecule has 1 aliphatic heterocycles. The first kappa shape index (κ1) is 19.1. The van der Waals surface area contributed by atoms with Crippen LogP contribution in [0.25, 0.3) is 0 Å². The number of carbonyl (C=O) groups excluding carboxylic acids is 2. The minimum atomic E-state index is -0.318. The molecule has 0 saturated carbocycles. The molecule has 7 heteroatoms. The average molecular weight is 370 g/mol. The number of nitrogens with zero attached hydrogens (tertiary/aromatic N) is 3. The topological polar surface area (TPSA) is 92.7 Å². The molecule has 1 fully saturated rings. The Morgan fingerprint density at radius 1 is 1.11 bits per heavy atom. The lowest BCUT2D eigenvalue weighted by atomic mass is 10.1. The Balaban J connectivity index is 1.60. The van der Waals surface area contributed by atoms with Crippen molar-refractivity contribution >= 4 is 17.4 Å². The first-order valence-electron chi connectivity index (χ1n) is 9.23. The van der Waals surface area contributed by atoms with Crippen LogP contribution in [0.15, 0.2) is 34.9 Å². The van der Waals surface area contributed by atoms with Crippen LogP contribution in [0.1, 0.15) is 53.6 Å². The average Bonchev–Trinajstić information content (AvgIpc) is 3.17. The number of benzene rings is 1. The molecule has 7 nitrogen and oxygen atoms in total. The summed E-state index contributed by atoms with van der Waals surface area (Å²) >= 11 is 0. The van der Waals surface area contributed by atoms with Crippen molar-refractivity contribution in [2.75, 3.05) is 31.1 Å². The third-order valence-corrected chi connectivity index (χ3v) is 4.95. The molecule has 0 bridgehead atoms. The van der Waals surface area contributed by atoms with Crippen molar-refractivity contribution in [2.24, 2.45) is 11.7 Å². The Kier molecular flexibility index (Phi) is 5.60. The van der Waals surface area contributed by atoms with Gasteiger partial charge in [0.1, 0.15) is 6.26 Å². The third kappa shape index (κ3) is 4.19. The smallest absolute Gasteiger partial charge is 0.275 e. The van der Waals surface area contributed by atoms with Crippen molar-refractivity contribution in [3.05, 3.63) is 47.7 Å². The highest BCUT2D eigenvalue weighted by Crippen LogP contribution is 2.21. The van der Waals surface area contributed by atoms with Crippen molar-refractivity contribution < 1.29 is 14.0 Å². The summed E-state index contributed by atoms with van der Waals surface area (Å²) in [5, 5.41) is 0. The number of nitrogens with two attached hydrogens (primary N) is 1. The second-order valence-corrected chi connectivity index (χ2v) is 7.22. The van der Waals surface area contributed by atoms with Crippen LogP contribution in [-0.4, -0.2) is 47.8 Å². The van der Waals surface area contributed by atoms with Gasteiger partial charge >= 0.3 is 0 Å². The Morgan fingerprint density at radius 2 is 1.74 bits per heavy atom. The molecule has 0 spiro atoms. The van der Waals surface area contributed by atoms with E-state index in [1.54, 1.807) is 11.8 Å². The van der Waals surface area contributed by atoms with Crippen molar-refractivity contribution in [3.8, 4) is 0 Å². The summed E-state index contributed by atoms with van der Waals surface area (Å²) < 4.78 is 5.40. The first-order valence-corrected chi connectivity index (χ1v) is 9.23. The van der Waals surface area contributed by atoms with Gasteiger partial charge < -0.3 is 20.0 Å². The summed E-state index contributed by atoms with van der Waals surface area (Å²) in [6.07, 6.45) is 1.40. The Morgan fingerprint density at radius 3 is 2.30 bits per heavy atom. The molecule has 3 rings (SSSR count). The highest BCUT2D eigenvalue weighted by Gasteiger charge is 2.26. The maximum atomic E-state index is 12.7. The standard InChI is InChI=1S/C20H26N4O3/c1-13(2)18(21)19-22-17(12-27-19)20(26)24-10-8-23(9-11-24)16-6-4-15(5-7-16)14(3)25/h4-7,12-13,18H,8-11,21H2,1-3H3. The van der Waals surface area contributed by atoms with E-state index in [2.05, 4.69) is 9.88 Å². The highest BCUT2D eigenvalue weighted by atomic mass is 16.3. The summed E-state index contributed by atoms with van der Waals surface area (Å²) in [6.45, 7) is 8.18. The molecule has 144 valence electrons. The number of Topliss-reactive ketones (excluding diaryl/α,β-unsaturated/α-hetero) is 1. The molecule has 0 radical (unpaired) electrons. The monoisotopic (exact) mass is 370 g/mol. The third-order valence-electron chi connectivity index (χ3n) is 4.95. The van der Waals surface area contributed by atoms with E-state index in [1.165, 1.54) is 6.26 Å². The van der Waals surface area contributed by atoms with Gasteiger partial charge in [0.15, 0.2) is 11.5 Å². The van der Waals surface area contributed by atoms with Gasteiger partial charge in [0.05, 0.1) is 6.04 Å². The predicted octanol–water partition coefficient (Wildman–Crippen LogP) is 2.50. The molecule has 2 aromatic rings. The molecule has 27 heavy (non-hydrogen) atoms. The summed E-state index contributed by atoms with van der Waals surface area (Å²) in [5.41, 5.74) is 8.10. The largest absolute Gasteiger partial charge is 0.446 e. The second-order valence-electron chi connectivity index (χ2n) is 7.22. The number of aromatic nitrogens is 1. The molecule has 2 heterocycles. The Hall–Kier alpha value is -2.67. The van der Waals surface area contributed by atoms with Crippen LogP contribution in [0, 0.1) is 5.92 Å². The quantitative estimate of drug-likeness (QED) is 0.813. The van der Waals surface area contributed by atoms with Gasteiger partial charge in [0.25, 0.3) is 5.91 Å². The first-order chi connectivity index (χ1) is 12.9. The summed E-state index contributed by atoms with van der Waals surface area (Å²) in [5.74, 6) is 0.510. The molecular weight excluding hydrogens is 344 g/mol. The number of piperazine rings is 1. The maximum absolute atomic E-state index is 12.7. The van der Waals surface area contributed by atoms with Crippen LogP contribution >= 0.6 is 0 Å². The lowest BCUT2D eigenvalue weighted by Gasteiger charge is -2.35. The summed E-state index contributed by atoms with van der Waals surface area (Å²) in [7, 11) is 0. The van der Waals surface area contributed by atoms with E-state index in [0.29, 0.717) is 30.2 Å². The molecular formula is C20H26N4O3. The van der Waals surface area contributed by atoms with Gasteiger partial charge in [-0.1, -0.05) is 13.8 Å². The number of amides is 1. The van der Waals surface area contributed by atoms with Crippen molar-refractivity contribution in [2.45, 2.75) is 26.8 Å². The van der Waals surface area contributed by atoms with E-state index in [-0.39, 0.29) is 23.7 Å². The predicted molar refractivity (Wildman–Crippen MR) is 103 cm³/mol. The summed E-state index contributed by atoms with van der Waals surface area (Å²) in [4.78, 5) is 32.3. The van der Waals surface area contributed by atoms with Crippen molar-refractivity contribution in [1.82, 2.24) is 9.88 Å². The minimum Gasteiger partial charge on any atom is -0.446 e. The van der Waals surface area contributed by atoms with Crippen LogP contribution in [0.4, 0.5) is 5.69 Å². The molecule has 1 aromatic heterocycles. The zero-order chi connectivity index (χ0) is 19.6. The molecule has 1 aliphatic rings. The molecule has 1 amide bonds. The van der Waals surface area contributed by atoms with Gasteiger partial charge in [0, 0.05) is 37.4 Å². The van der Waals surface area contributed by atoms with Crippen molar-refractivity contribution in [1.29, 1.82) is 0 Å². The van der Waals surface area contributed by atoms with Crippen LogP contribution in [0.2, 0.25) is 0 Å². The Bertz CT molecular complexity index is 805. The van der Waals surface area contributed by atoms with Gasteiger partial charge in [-0.15, -0.1) is 0 Å². The van der Waals surface area contributed by atoms with E-state index in [1.807, 2.05) is 38.1 Å². The van der Waals surface area contributed by atoms with Crippen LogP contribution in [-0.2, 0) is 0 Å². The van der Waals surface area contributed by atoms with Gasteiger partial charge in [-0.05, 0) is 37.1 Å². The second kappa shape index (κ2) is 7.92. The van der Waals surface area contributed by atoms with Crippen LogP contribution in [0.5, 0.6) is 0 Å². The molecule has 1 unspecified atom stereocenters. The van der Waals surface area contributed by atoms with E-state index < -0.39 is 0 Å². The minimum absolute atomic E-state index is 0.0566. The zero-order valence-corrected chi connectivity index (χ0v) is 16.0. The van der Waals surface area contributed by atoms with Crippen LogP contribution in [0.3, 0.4) is 0 Å². The summed E-state index contributed by atoms with van der Waals surface area (Å²) in [6, 6.07) is 7.26. The number of anilines is 1. The van der Waals surface area contributed by atoms with Crippen molar-refractivity contribution in [3.63, 3.8) is 0 Å². The fraction of sp³-hybridized carbons (Fsp3) is 0.450. The van der Waals surface area contributed by atoms with E-state index in [9.17, 15) is 9.59 Å². The lowest BCUT2D eigenvalue weighted by molar-refractivity contribution is 0.0740. The normalized spacial score (nSPS) is 15.9. The lowest BCUT2D eigenvalue weighted by Crippen LogP contribution is -2.48. The molecule has 0 aliphatic carbocycles. The Labute approximate surface area is 159 Å². The maximum Gasteiger partial charge on any atom is 0.275 e. The number of oxazole rings is 1. The van der Waals surface area contributed by atoms with Gasteiger partial charge in [-0.3, -0.25) is 9.59 Å². The van der Waals surface area contributed by atoms with E-state index in [0.717, 1.165) is 18.8 Å². The number of ketones is 1. The van der Waals surface area contributed by atoms with Gasteiger partial charge in [0.2, 0.25) is 5.89 Å². The number of hydrogen-bond acceptors (Lipinski definition) is 6. The fourth-order valence-electron chi connectivity index (χ4n) is 3.06. The van der Waals surface area contributed by atoms with E-state index in [4.69, 9.17) is 10.2 Å². The van der Waals surface area contributed by atoms with Crippen LogP contribution < -0.4 is 10.6 Å². The fourth-order valence-corrected chi connectivity index (χ4v) is 3.06. The molecule has 2 N–H and O–H groups in total. The SMILES string of the molecule is CC(=O)c1ccc(N2CCN(C(=O)c3coc(C(N)C(C)C)n3)CC2)cc1. The van der Waals surface area contributed by atoms with Gasteiger partial charge in [-0.2, -0.15) is 0 Å². The highest BCUT2D eigenvalue weighted by molar-refractivity contribution is 5.94. The number of carbonyl (C=O) groups is 2.